The van der Waals surface area contributed by atoms with Crippen molar-refractivity contribution in [3.8, 4) is 0 Å². The minimum absolute atomic E-state index is 0.0386. The van der Waals surface area contributed by atoms with Crippen molar-refractivity contribution in [3.63, 3.8) is 0 Å². The van der Waals surface area contributed by atoms with Crippen LogP contribution in [0.15, 0.2) is 12.4 Å². The van der Waals surface area contributed by atoms with Crippen LogP contribution in [0.4, 0.5) is 5.82 Å². The van der Waals surface area contributed by atoms with Crippen LogP contribution in [0.2, 0.25) is 0 Å². The van der Waals surface area contributed by atoms with E-state index < -0.39 is 0 Å². The standard InChI is InChI=1S/C10H15N3O/c1-2-13(9-3-4-9)10-6-11-5-8(7-14)12-10/h5-6,9,14H,2-4,7H2,1H3. The molecule has 0 aliphatic heterocycles. The van der Waals surface area contributed by atoms with Gasteiger partial charge < -0.3 is 10.0 Å². The van der Waals surface area contributed by atoms with Crippen molar-refractivity contribution in [3.05, 3.63) is 18.1 Å². The van der Waals surface area contributed by atoms with Crippen molar-refractivity contribution < 1.29 is 5.11 Å². The predicted octanol–water partition coefficient (Wildman–Crippen LogP) is 0.958. The predicted molar refractivity (Wildman–Crippen MR) is 54.0 cm³/mol. The zero-order chi connectivity index (χ0) is 9.97. The van der Waals surface area contributed by atoms with Gasteiger partial charge in [-0.05, 0) is 19.8 Å². The monoisotopic (exact) mass is 193 g/mol. The first kappa shape index (κ1) is 9.40. The van der Waals surface area contributed by atoms with E-state index in [1.165, 1.54) is 12.8 Å². The van der Waals surface area contributed by atoms with Crippen LogP contribution in [-0.4, -0.2) is 27.7 Å². The molecule has 0 aromatic carbocycles. The first-order valence-corrected chi connectivity index (χ1v) is 5.03. The molecule has 14 heavy (non-hydrogen) atoms. The number of hydrogen-bond donors (Lipinski definition) is 1. The molecule has 4 heteroatoms. The smallest absolute Gasteiger partial charge is 0.147 e. The zero-order valence-corrected chi connectivity index (χ0v) is 8.35. The first-order valence-electron chi connectivity index (χ1n) is 5.03. The Morgan fingerprint density at radius 2 is 2.29 bits per heavy atom. The van der Waals surface area contributed by atoms with E-state index in [0.29, 0.717) is 11.7 Å². The number of anilines is 1. The van der Waals surface area contributed by atoms with Crippen LogP contribution in [0.3, 0.4) is 0 Å². The maximum Gasteiger partial charge on any atom is 0.147 e. The highest BCUT2D eigenvalue weighted by molar-refractivity contribution is 5.39. The van der Waals surface area contributed by atoms with E-state index in [1.807, 2.05) is 0 Å². The Labute approximate surface area is 83.6 Å². The van der Waals surface area contributed by atoms with Gasteiger partial charge in [-0.15, -0.1) is 0 Å². The van der Waals surface area contributed by atoms with Gasteiger partial charge in [0.1, 0.15) is 5.82 Å². The summed E-state index contributed by atoms with van der Waals surface area (Å²) in [6.45, 7) is 3.03. The van der Waals surface area contributed by atoms with Crippen molar-refractivity contribution >= 4 is 5.82 Å². The number of aliphatic hydroxyl groups excluding tert-OH is 1. The molecule has 1 saturated carbocycles. The normalized spacial score (nSPS) is 15.6. The number of rotatable bonds is 4. The fourth-order valence-electron chi connectivity index (χ4n) is 1.60. The van der Waals surface area contributed by atoms with Crippen molar-refractivity contribution in [2.45, 2.75) is 32.4 Å². The zero-order valence-electron chi connectivity index (χ0n) is 8.35. The molecule has 0 atom stereocenters. The quantitative estimate of drug-likeness (QED) is 0.773. The summed E-state index contributed by atoms with van der Waals surface area (Å²) in [7, 11) is 0. The molecule has 1 aromatic heterocycles. The Hall–Kier alpha value is -1.16. The number of aliphatic hydroxyl groups is 1. The van der Waals surface area contributed by atoms with Gasteiger partial charge in [0.2, 0.25) is 0 Å². The van der Waals surface area contributed by atoms with E-state index in [2.05, 4.69) is 21.8 Å². The minimum Gasteiger partial charge on any atom is -0.390 e. The van der Waals surface area contributed by atoms with E-state index in [4.69, 9.17) is 5.11 Å². The van der Waals surface area contributed by atoms with Crippen LogP contribution in [0.5, 0.6) is 0 Å². The lowest BCUT2D eigenvalue weighted by Gasteiger charge is -2.21. The SMILES string of the molecule is CCN(c1cncc(CO)n1)C1CC1. The molecule has 1 aromatic rings. The van der Waals surface area contributed by atoms with Crippen molar-refractivity contribution in [2.75, 3.05) is 11.4 Å². The third kappa shape index (κ3) is 1.85. The summed E-state index contributed by atoms with van der Waals surface area (Å²) in [5.74, 6) is 0.890. The summed E-state index contributed by atoms with van der Waals surface area (Å²) in [5.41, 5.74) is 0.640. The van der Waals surface area contributed by atoms with Crippen LogP contribution < -0.4 is 4.90 Å². The van der Waals surface area contributed by atoms with Crippen LogP contribution in [-0.2, 0) is 6.61 Å². The van der Waals surface area contributed by atoms with Gasteiger partial charge in [0.05, 0.1) is 24.7 Å². The molecule has 0 unspecified atom stereocenters. The van der Waals surface area contributed by atoms with E-state index in [-0.39, 0.29) is 6.61 Å². The average molecular weight is 193 g/mol. The maximum atomic E-state index is 8.95. The van der Waals surface area contributed by atoms with Gasteiger partial charge in [-0.1, -0.05) is 0 Å². The molecule has 1 N–H and O–H groups in total. The Bertz CT molecular complexity index is 312. The molecule has 1 fully saturated rings. The Kier molecular flexibility index (Phi) is 2.63. The summed E-state index contributed by atoms with van der Waals surface area (Å²) in [5, 5.41) is 8.95. The lowest BCUT2D eigenvalue weighted by molar-refractivity contribution is 0.276. The van der Waals surface area contributed by atoms with Gasteiger partial charge in [-0.2, -0.15) is 0 Å². The Balaban J connectivity index is 2.20. The molecule has 1 aliphatic rings. The van der Waals surface area contributed by atoms with Crippen molar-refractivity contribution in [2.24, 2.45) is 0 Å². The number of hydrogen-bond acceptors (Lipinski definition) is 4. The maximum absolute atomic E-state index is 8.95. The van der Waals surface area contributed by atoms with Gasteiger partial charge in [0.25, 0.3) is 0 Å². The summed E-state index contributed by atoms with van der Waals surface area (Å²) >= 11 is 0. The van der Waals surface area contributed by atoms with E-state index in [9.17, 15) is 0 Å². The van der Waals surface area contributed by atoms with Crippen LogP contribution in [0.25, 0.3) is 0 Å². The van der Waals surface area contributed by atoms with Crippen LogP contribution in [0, 0.1) is 0 Å². The summed E-state index contributed by atoms with van der Waals surface area (Å²) in [4.78, 5) is 10.6. The molecule has 76 valence electrons. The molecule has 1 heterocycles. The number of aromatic nitrogens is 2. The Morgan fingerprint density at radius 1 is 1.50 bits per heavy atom. The summed E-state index contributed by atoms with van der Waals surface area (Å²) in [6, 6.07) is 0.642. The van der Waals surface area contributed by atoms with Crippen LogP contribution in [0.1, 0.15) is 25.5 Å². The molecular formula is C10H15N3O. The summed E-state index contributed by atoms with van der Waals surface area (Å²) in [6.07, 6.45) is 5.86. The molecule has 0 amide bonds. The molecule has 4 nitrogen and oxygen atoms in total. The van der Waals surface area contributed by atoms with Crippen molar-refractivity contribution in [1.82, 2.24) is 9.97 Å². The highest BCUT2D eigenvalue weighted by atomic mass is 16.3. The molecular weight excluding hydrogens is 178 g/mol. The van der Waals surface area contributed by atoms with Gasteiger partial charge >= 0.3 is 0 Å². The average Bonchev–Trinajstić information content (AvgIpc) is 3.04. The molecule has 0 bridgehead atoms. The highest BCUT2D eigenvalue weighted by Gasteiger charge is 2.28. The van der Waals surface area contributed by atoms with E-state index in [0.717, 1.165) is 12.4 Å². The van der Waals surface area contributed by atoms with E-state index in [1.54, 1.807) is 12.4 Å². The lowest BCUT2D eigenvalue weighted by atomic mass is 10.4. The summed E-state index contributed by atoms with van der Waals surface area (Å²) < 4.78 is 0. The van der Waals surface area contributed by atoms with Gasteiger partial charge in [0.15, 0.2) is 0 Å². The molecule has 0 spiro atoms. The van der Waals surface area contributed by atoms with E-state index >= 15 is 0 Å². The Morgan fingerprint density at radius 3 is 2.86 bits per heavy atom. The van der Waals surface area contributed by atoms with Gasteiger partial charge in [-0.25, -0.2) is 4.98 Å². The fourth-order valence-corrected chi connectivity index (χ4v) is 1.60. The van der Waals surface area contributed by atoms with Crippen LogP contribution >= 0.6 is 0 Å². The molecule has 2 rings (SSSR count). The minimum atomic E-state index is -0.0386. The number of nitrogens with zero attached hydrogens (tertiary/aromatic N) is 3. The second-order valence-corrected chi connectivity index (χ2v) is 3.54. The molecule has 0 radical (unpaired) electrons. The van der Waals surface area contributed by atoms with Gasteiger partial charge in [0, 0.05) is 12.6 Å². The third-order valence-corrected chi connectivity index (χ3v) is 2.46. The highest BCUT2D eigenvalue weighted by Crippen LogP contribution is 2.29. The first-order chi connectivity index (χ1) is 6.85. The molecule has 1 aliphatic carbocycles. The largest absolute Gasteiger partial charge is 0.390 e. The topological polar surface area (TPSA) is 49.2 Å². The molecule has 0 saturated heterocycles. The fraction of sp³-hybridized carbons (Fsp3) is 0.600. The second kappa shape index (κ2) is 3.92. The third-order valence-electron chi connectivity index (χ3n) is 2.46. The van der Waals surface area contributed by atoms with Crippen molar-refractivity contribution in [1.29, 1.82) is 0 Å². The van der Waals surface area contributed by atoms with Gasteiger partial charge in [-0.3, -0.25) is 4.98 Å². The second-order valence-electron chi connectivity index (χ2n) is 3.54. The lowest BCUT2D eigenvalue weighted by Crippen LogP contribution is -2.26.